The SMILES string of the molecule is CC(C)c1nn(CC2CC(F)(F)C2)c(C(=O)O)c1C(F)(F)F. The van der Waals surface area contributed by atoms with Crippen molar-refractivity contribution in [3.63, 3.8) is 0 Å². The lowest BCUT2D eigenvalue weighted by atomic mass is 9.81. The second-order valence-electron chi connectivity index (χ2n) is 5.88. The van der Waals surface area contributed by atoms with Gasteiger partial charge in [-0.15, -0.1) is 0 Å². The summed E-state index contributed by atoms with van der Waals surface area (Å²) in [7, 11) is 0. The Morgan fingerprint density at radius 1 is 1.41 bits per heavy atom. The summed E-state index contributed by atoms with van der Waals surface area (Å²) in [6.07, 6.45) is -5.80. The van der Waals surface area contributed by atoms with E-state index in [9.17, 15) is 26.7 Å². The highest BCUT2D eigenvalue weighted by Gasteiger charge is 2.47. The third-order valence-corrected chi connectivity index (χ3v) is 3.62. The molecule has 0 radical (unpaired) electrons. The Morgan fingerprint density at radius 3 is 2.32 bits per heavy atom. The van der Waals surface area contributed by atoms with Crippen LogP contribution in [0, 0.1) is 5.92 Å². The lowest BCUT2D eigenvalue weighted by molar-refractivity contribution is -0.139. The van der Waals surface area contributed by atoms with Gasteiger partial charge in [-0.25, -0.2) is 13.6 Å². The quantitative estimate of drug-likeness (QED) is 0.857. The van der Waals surface area contributed by atoms with Crippen LogP contribution >= 0.6 is 0 Å². The van der Waals surface area contributed by atoms with Crippen molar-refractivity contribution in [3.05, 3.63) is 17.0 Å². The third-order valence-electron chi connectivity index (χ3n) is 3.62. The number of carboxylic acids is 1. The average molecular weight is 326 g/mol. The highest BCUT2D eigenvalue weighted by Crippen LogP contribution is 2.44. The van der Waals surface area contributed by atoms with Crippen LogP contribution in [0.2, 0.25) is 0 Å². The van der Waals surface area contributed by atoms with E-state index in [0.717, 1.165) is 0 Å². The number of rotatable bonds is 4. The van der Waals surface area contributed by atoms with Gasteiger partial charge in [0.25, 0.3) is 0 Å². The number of halogens is 5. The van der Waals surface area contributed by atoms with Gasteiger partial charge in [0.05, 0.1) is 5.69 Å². The predicted molar refractivity (Wildman–Crippen MR) is 65.9 cm³/mol. The van der Waals surface area contributed by atoms with Crippen molar-refractivity contribution in [2.75, 3.05) is 0 Å². The topological polar surface area (TPSA) is 55.1 Å². The van der Waals surface area contributed by atoms with Gasteiger partial charge in [-0.1, -0.05) is 13.8 Å². The molecule has 0 unspecified atom stereocenters. The van der Waals surface area contributed by atoms with Gasteiger partial charge in [0.15, 0.2) is 5.69 Å². The lowest BCUT2D eigenvalue weighted by Crippen LogP contribution is -2.38. The van der Waals surface area contributed by atoms with Crippen molar-refractivity contribution in [1.82, 2.24) is 9.78 Å². The number of hydrogen-bond acceptors (Lipinski definition) is 2. The van der Waals surface area contributed by atoms with E-state index >= 15 is 0 Å². The first-order valence-electron chi connectivity index (χ1n) is 6.71. The number of hydrogen-bond donors (Lipinski definition) is 1. The van der Waals surface area contributed by atoms with Gasteiger partial charge >= 0.3 is 12.1 Å². The van der Waals surface area contributed by atoms with Crippen LogP contribution in [0.3, 0.4) is 0 Å². The molecule has 0 amide bonds. The highest BCUT2D eigenvalue weighted by molar-refractivity contribution is 5.88. The highest BCUT2D eigenvalue weighted by atomic mass is 19.4. The van der Waals surface area contributed by atoms with E-state index in [1.165, 1.54) is 13.8 Å². The van der Waals surface area contributed by atoms with E-state index in [1.54, 1.807) is 0 Å². The first kappa shape index (κ1) is 16.7. The van der Waals surface area contributed by atoms with E-state index in [0.29, 0.717) is 4.68 Å². The molecular weight excluding hydrogens is 311 g/mol. The molecule has 1 aromatic rings. The van der Waals surface area contributed by atoms with Gasteiger partial charge in [0.1, 0.15) is 5.56 Å². The molecule has 1 fully saturated rings. The molecule has 1 heterocycles. The molecule has 1 N–H and O–H groups in total. The van der Waals surface area contributed by atoms with Gasteiger partial charge in [-0.2, -0.15) is 18.3 Å². The Bertz CT molecular complexity index is 584. The minimum atomic E-state index is -4.87. The Kier molecular flexibility index (Phi) is 3.95. The number of carboxylic acid groups (broad SMARTS) is 1. The van der Waals surface area contributed by atoms with Gasteiger partial charge in [-0.3, -0.25) is 4.68 Å². The summed E-state index contributed by atoms with van der Waals surface area (Å²) < 4.78 is 65.8. The van der Waals surface area contributed by atoms with E-state index in [1.807, 2.05) is 0 Å². The Labute approximate surface area is 122 Å². The van der Waals surface area contributed by atoms with Crippen molar-refractivity contribution in [2.45, 2.75) is 51.3 Å². The molecule has 1 aliphatic rings. The average Bonchev–Trinajstić information content (AvgIpc) is 2.65. The molecule has 0 saturated heterocycles. The number of nitrogens with zero attached hydrogens (tertiary/aromatic N) is 2. The summed E-state index contributed by atoms with van der Waals surface area (Å²) in [5.41, 5.74) is -2.65. The van der Waals surface area contributed by atoms with E-state index in [4.69, 9.17) is 5.11 Å². The summed E-state index contributed by atoms with van der Waals surface area (Å²) in [6.45, 7) is 2.67. The minimum Gasteiger partial charge on any atom is -0.477 e. The second kappa shape index (κ2) is 5.20. The summed E-state index contributed by atoms with van der Waals surface area (Å²) in [5.74, 6) is -5.81. The summed E-state index contributed by atoms with van der Waals surface area (Å²) in [6, 6.07) is 0. The molecule has 2 rings (SSSR count). The van der Waals surface area contributed by atoms with Crippen molar-refractivity contribution in [1.29, 1.82) is 0 Å². The predicted octanol–water partition coefficient (Wildman–Crippen LogP) is 3.77. The van der Waals surface area contributed by atoms with Crippen LogP contribution in [0.4, 0.5) is 22.0 Å². The fraction of sp³-hybridized carbons (Fsp3) is 0.692. The smallest absolute Gasteiger partial charge is 0.420 e. The van der Waals surface area contributed by atoms with Crippen molar-refractivity contribution >= 4 is 5.97 Å². The summed E-state index contributed by atoms with van der Waals surface area (Å²) in [4.78, 5) is 11.2. The van der Waals surface area contributed by atoms with Crippen LogP contribution in [0.15, 0.2) is 0 Å². The molecule has 22 heavy (non-hydrogen) atoms. The fourth-order valence-electron chi connectivity index (χ4n) is 2.67. The maximum absolute atomic E-state index is 13.2. The van der Waals surface area contributed by atoms with Crippen LogP contribution in [0.25, 0.3) is 0 Å². The normalized spacial score (nSPS) is 18.5. The minimum absolute atomic E-state index is 0.257. The summed E-state index contributed by atoms with van der Waals surface area (Å²) >= 11 is 0. The maximum atomic E-state index is 13.2. The first-order chi connectivity index (χ1) is 9.92. The third kappa shape index (κ3) is 3.07. The van der Waals surface area contributed by atoms with Crippen LogP contribution in [0.1, 0.15) is 54.4 Å². The molecule has 9 heteroatoms. The van der Waals surface area contributed by atoms with Crippen molar-refractivity contribution in [2.24, 2.45) is 5.92 Å². The molecular formula is C13H15F5N2O2. The molecule has 0 spiro atoms. The van der Waals surface area contributed by atoms with E-state index < -0.39 is 54.0 Å². The number of carbonyl (C=O) groups is 1. The first-order valence-corrected chi connectivity index (χ1v) is 6.71. The zero-order valence-electron chi connectivity index (χ0n) is 11.9. The van der Waals surface area contributed by atoms with Crippen LogP contribution in [0.5, 0.6) is 0 Å². The molecule has 4 nitrogen and oxygen atoms in total. The van der Waals surface area contributed by atoms with E-state index in [-0.39, 0.29) is 12.2 Å². The zero-order chi connectivity index (χ0) is 16.9. The maximum Gasteiger partial charge on any atom is 0.420 e. The Morgan fingerprint density at radius 2 is 1.95 bits per heavy atom. The van der Waals surface area contributed by atoms with E-state index in [2.05, 4.69) is 5.10 Å². The Hall–Kier alpha value is -1.67. The molecule has 0 bridgehead atoms. The molecule has 0 aliphatic heterocycles. The molecule has 0 aromatic carbocycles. The zero-order valence-corrected chi connectivity index (χ0v) is 11.9. The van der Waals surface area contributed by atoms with Crippen LogP contribution in [-0.2, 0) is 12.7 Å². The number of aromatic nitrogens is 2. The van der Waals surface area contributed by atoms with Gasteiger partial charge < -0.3 is 5.11 Å². The second-order valence-corrected chi connectivity index (χ2v) is 5.88. The van der Waals surface area contributed by atoms with Gasteiger partial charge in [-0.05, 0) is 11.8 Å². The number of alkyl halides is 5. The monoisotopic (exact) mass is 326 g/mol. The molecule has 1 saturated carbocycles. The lowest BCUT2D eigenvalue weighted by Gasteiger charge is -2.34. The molecule has 1 aromatic heterocycles. The van der Waals surface area contributed by atoms with Gasteiger partial charge in [0, 0.05) is 19.4 Å². The summed E-state index contributed by atoms with van der Waals surface area (Å²) in [5, 5.41) is 12.8. The fourth-order valence-corrected chi connectivity index (χ4v) is 2.67. The largest absolute Gasteiger partial charge is 0.477 e. The van der Waals surface area contributed by atoms with Crippen molar-refractivity contribution < 1.29 is 31.9 Å². The van der Waals surface area contributed by atoms with Crippen molar-refractivity contribution in [3.8, 4) is 0 Å². The molecule has 0 atom stereocenters. The molecule has 1 aliphatic carbocycles. The van der Waals surface area contributed by atoms with Gasteiger partial charge in [0.2, 0.25) is 5.92 Å². The molecule has 124 valence electrons. The van der Waals surface area contributed by atoms with Crippen LogP contribution in [-0.4, -0.2) is 26.8 Å². The Balaban J connectivity index is 2.43. The standard InChI is InChI=1S/C13H15F5N2O2/c1-6(2)9-8(13(16,17)18)10(11(21)22)20(19-9)5-7-3-12(14,15)4-7/h6-7H,3-5H2,1-2H3,(H,21,22). The number of aromatic carboxylic acids is 1. The van der Waals surface area contributed by atoms with Crippen LogP contribution < -0.4 is 0 Å².